The van der Waals surface area contributed by atoms with Crippen LogP contribution >= 0.6 is 27.3 Å². The summed E-state index contributed by atoms with van der Waals surface area (Å²) in [5.74, 6) is 1.24. The van der Waals surface area contributed by atoms with Gasteiger partial charge in [0.05, 0.1) is 10.3 Å². The highest BCUT2D eigenvalue weighted by molar-refractivity contribution is 9.11. The fraction of sp³-hybridized carbons (Fsp3) is 0.364. The second kappa shape index (κ2) is 5.66. The molecule has 0 aliphatic rings. The van der Waals surface area contributed by atoms with Crippen LogP contribution in [0.4, 0.5) is 5.82 Å². The van der Waals surface area contributed by atoms with Gasteiger partial charge in [-0.25, -0.2) is 0 Å². The standard InChI is InChI=1S/C11H14BrN3OS/c1-15(7-8-6-11(13)14-16-8)5-4-9-2-3-10(12)17-9/h2-3,6H,4-5,7H2,1H3,(H2,13,14). The minimum atomic E-state index is 0.440. The number of rotatable bonds is 5. The molecule has 0 spiro atoms. The van der Waals surface area contributed by atoms with Crippen molar-refractivity contribution in [2.45, 2.75) is 13.0 Å². The molecule has 0 amide bonds. The topological polar surface area (TPSA) is 55.3 Å². The Morgan fingerprint density at radius 3 is 2.94 bits per heavy atom. The van der Waals surface area contributed by atoms with E-state index in [1.165, 1.54) is 8.66 Å². The highest BCUT2D eigenvalue weighted by Crippen LogP contribution is 2.22. The van der Waals surface area contributed by atoms with Crippen LogP contribution in [0.15, 0.2) is 26.5 Å². The lowest BCUT2D eigenvalue weighted by atomic mass is 10.3. The maximum Gasteiger partial charge on any atom is 0.167 e. The Kier molecular flexibility index (Phi) is 4.20. The molecule has 2 aromatic heterocycles. The minimum absolute atomic E-state index is 0.440. The van der Waals surface area contributed by atoms with Crippen molar-refractivity contribution in [2.24, 2.45) is 0 Å². The highest BCUT2D eigenvalue weighted by Gasteiger charge is 2.06. The summed E-state index contributed by atoms with van der Waals surface area (Å²) in [7, 11) is 2.06. The number of hydrogen-bond donors (Lipinski definition) is 1. The van der Waals surface area contributed by atoms with E-state index >= 15 is 0 Å². The van der Waals surface area contributed by atoms with Gasteiger partial charge in [0.2, 0.25) is 0 Å². The van der Waals surface area contributed by atoms with E-state index in [0.29, 0.717) is 5.82 Å². The van der Waals surface area contributed by atoms with E-state index in [0.717, 1.165) is 25.3 Å². The summed E-state index contributed by atoms with van der Waals surface area (Å²) in [4.78, 5) is 3.56. The molecule has 0 saturated carbocycles. The molecule has 0 radical (unpaired) electrons. The number of nitrogens with zero attached hydrogens (tertiary/aromatic N) is 2. The zero-order valence-corrected chi connectivity index (χ0v) is 11.9. The van der Waals surface area contributed by atoms with Crippen molar-refractivity contribution < 1.29 is 4.52 Å². The average Bonchev–Trinajstić information content (AvgIpc) is 2.85. The molecule has 0 fully saturated rings. The van der Waals surface area contributed by atoms with Gasteiger partial charge in [0.1, 0.15) is 0 Å². The third-order valence-corrected chi connectivity index (χ3v) is 4.06. The third kappa shape index (κ3) is 3.83. The maximum absolute atomic E-state index is 5.50. The van der Waals surface area contributed by atoms with Gasteiger partial charge in [-0.15, -0.1) is 11.3 Å². The molecule has 0 bridgehead atoms. The Hall–Kier alpha value is -0.850. The molecule has 2 rings (SSSR count). The molecule has 0 saturated heterocycles. The van der Waals surface area contributed by atoms with Gasteiger partial charge in [-0.3, -0.25) is 4.90 Å². The fourth-order valence-electron chi connectivity index (χ4n) is 1.54. The molecule has 17 heavy (non-hydrogen) atoms. The Bertz CT molecular complexity index is 483. The maximum atomic E-state index is 5.50. The van der Waals surface area contributed by atoms with Crippen LogP contribution in [0.25, 0.3) is 0 Å². The van der Waals surface area contributed by atoms with Crippen LogP contribution < -0.4 is 5.73 Å². The van der Waals surface area contributed by atoms with Crippen LogP contribution in [-0.4, -0.2) is 23.6 Å². The van der Waals surface area contributed by atoms with E-state index in [2.05, 4.69) is 45.2 Å². The zero-order valence-electron chi connectivity index (χ0n) is 9.52. The Labute approximate surface area is 113 Å². The van der Waals surface area contributed by atoms with E-state index in [9.17, 15) is 0 Å². The quantitative estimate of drug-likeness (QED) is 0.921. The molecule has 0 aliphatic heterocycles. The average molecular weight is 316 g/mol. The number of thiophene rings is 1. The summed E-state index contributed by atoms with van der Waals surface area (Å²) in [5.41, 5.74) is 5.50. The first-order valence-electron chi connectivity index (χ1n) is 5.27. The monoisotopic (exact) mass is 315 g/mol. The van der Waals surface area contributed by atoms with Crippen molar-refractivity contribution in [3.8, 4) is 0 Å². The molecule has 0 unspecified atom stereocenters. The lowest BCUT2D eigenvalue weighted by Gasteiger charge is -2.13. The van der Waals surface area contributed by atoms with E-state index in [-0.39, 0.29) is 0 Å². The zero-order chi connectivity index (χ0) is 12.3. The van der Waals surface area contributed by atoms with Gasteiger partial charge in [-0.1, -0.05) is 5.16 Å². The number of likely N-dealkylation sites (N-methyl/N-ethyl adjacent to an activating group) is 1. The summed E-state index contributed by atoms with van der Waals surface area (Å²) >= 11 is 5.24. The van der Waals surface area contributed by atoms with E-state index in [4.69, 9.17) is 10.3 Å². The van der Waals surface area contributed by atoms with Gasteiger partial charge in [-0.05, 0) is 41.5 Å². The number of aromatic nitrogens is 1. The van der Waals surface area contributed by atoms with E-state index < -0.39 is 0 Å². The lowest BCUT2D eigenvalue weighted by Crippen LogP contribution is -2.20. The summed E-state index contributed by atoms with van der Waals surface area (Å²) in [5, 5.41) is 3.66. The molecule has 4 nitrogen and oxygen atoms in total. The number of nitrogen functional groups attached to an aromatic ring is 1. The molecule has 0 aliphatic carbocycles. The number of halogens is 1. The molecule has 0 aromatic carbocycles. The van der Waals surface area contributed by atoms with Gasteiger partial charge in [0.15, 0.2) is 11.6 Å². The van der Waals surface area contributed by atoms with Gasteiger partial charge in [0.25, 0.3) is 0 Å². The van der Waals surface area contributed by atoms with E-state index in [1.54, 1.807) is 17.4 Å². The van der Waals surface area contributed by atoms with Gasteiger partial charge in [0, 0.05) is 17.5 Å². The lowest BCUT2D eigenvalue weighted by molar-refractivity contribution is 0.276. The van der Waals surface area contributed by atoms with Crippen LogP contribution in [0.5, 0.6) is 0 Å². The summed E-state index contributed by atoms with van der Waals surface area (Å²) in [6.07, 6.45) is 1.04. The molecule has 2 N–H and O–H groups in total. The largest absolute Gasteiger partial charge is 0.381 e. The van der Waals surface area contributed by atoms with Crippen LogP contribution in [0.3, 0.4) is 0 Å². The van der Waals surface area contributed by atoms with Crippen LogP contribution in [-0.2, 0) is 13.0 Å². The predicted molar refractivity (Wildman–Crippen MR) is 73.0 cm³/mol. The summed E-state index contributed by atoms with van der Waals surface area (Å²) < 4.78 is 6.25. The van der Waals surface area contributed by atoms with Crippen molar-refractivity contribution >= 4 is 33.1 Å². The van der Waals surface area contributed by atoms with Crippen LogP contribution in [0.2, 0.25) is 0 Å². The smallest absolute Gasteiger partial charge is 0.167 e. The molecule has 92 valence electrons. The van der Waals surface area contributed by atoms with Gasteiger partial charge >= 0.3 is 0 Å². The van der Waals surface area contributed by atoms with Gasteiger partial charge < -0.3 is 10.3 Å². The highest BCUT2D eigenvalue weighted by atomic mass is 79.9. The van der Waals surface area contributed by atoms with Crippen molar-refractivity contribution in [3.63, 3.8) is 0 Å². The Morgan fingerprint density at radius 1 is 1.53 bits per heavy atom. The van der Waals surface area contributed by atoms with Crippen molar-refractivity contribution in [1.29, 1.82) is 0 Å². The second-order valence-corrected chi connectivity index (χ2v) is 6.46. The number of anilines is 1. The Morgan fingerprint density at radius 2 is 2.35 bits per heavy atom. The summed E-state index contributed by atoms with van der Waals surface area (Å²) in [6, 6.07) is 5.99. The molecule has 2 heterocycles. The first-order chi connectivity index (χ1) is 8.13. The molecule has 0 atom stereocenters. The van der Waals surface area contributed by atoms with E-state index in [1.807, 2.05) is 0 Å². The molecule has 2 aromatic rings. The first-order valence-corrected chi connectivity index (χ1v) is 6.88. The molecular formula is C11H14BrN3OS. The van der Waals surface area contributed by atoms with Crippen LogP contribution in [0.1, 0.15) is 10.6 Å². The number of hydrogen-bond acceptors (Lipinski definition) is 5. The minimum Gasteiger partial charge on any atom is -0.381 e. The third-order valence-electron chi connectivity index (χ3n) is 2.37. The number of nitrogens with two attached hydrogens (primary N) is 1. The van der Waals surface area contributed by atoms with Crippen LogP contribution in [0, 0.1) is 0 Å². The van der Waals surface area contributed by atoms with Gasteiger partial charge in [-0.2, -0.15) is 0 Å². The Balaban J connectivity index is 1.79. The first kappa shape index (κ1) is 12.6. The molecule has 6 heteroatoms. The predicted octanol–water partition coefficient (Wildman–Crippen LogP) is 2.76. The van der Waals surface area contributed by atoms with Crippen molar-refractivity contribution in [3.05, 3.63) is 32.6 Å². The van der Waals surface area contributed by atoms with Crippen molar-refractivity contribution in [1.82, 2.24) is 10.1 Å². The SMILES string of the molecule is CN(CCc1ccc(Br)s1)Cc1cc(N)no1. The molecular weight excluding hydrogens is 302 g/mol. The summed E-state index contributed by atoms with van der Waals surface area (Å²) in [6.45, 7) is 1.71. The van der Waals surface area contributed by atoms with Crippen molar-refractivity contribution in [2.75, 3.05) is 19.3 Å². The second-order valence-electron chi connectivity index (χ2n) is 3.91. The normalized spacial score (nSPS) is 11.2. The fourth-order valence-corrected chi connectivity index (χ4v) is 3.01.